The van der Waals surface area contributed by atoms with Gasteiger partial charge in [-0.1, -0.05) is 0 Å². The summed E-state index contributed by atoms with van der Waals surface area (Å²) in [5.41, 5.74) is 1.02. The van der Waals surface area contributed by atoms with Crippen LogP contribution in [0, 0.1) is 6.92 Å². The lowest BCUT2D eigenvalue weighted by atomic mass is 10.2. The molecule has 1 aromatic rings. The standard InChI is InChI=1S/C11H18N4/c1-8-7-10(14-11(12-3)13-8)15-6-4-5-9(15)2/h7,9H,4-6H2,1-3H3,(H,12,13,14). The lowest BCUT2D eigenvalue weighted by Gasteiger charge is -2.23. The molecule has 0 bridgehead atoms. The summed E-state index contributed by atoms with van der Waals surface area (Å²) < 4.78 is 0. The molecule has 1 unspecified atom stereocenters. The third kappa shape index (κ3) is 2.03. The van der Waals surface area contributed by atoms with Crippen LogP contribution in [0.25, 0.3) is 0 Å². The second-order valence-electron chi connectivity index (χ2n) is 4.13. The molecular weight excluding hydrogens is 188 g/mol. The Morgan fingerprint density at radius 1 is 1.47 bits per heavy atom. The number of hydrogen-bond donors (Lipinski definition) is 1. The Kier molecular flexibility index (Phi) is 2.75. The van der Waals surface area contributed by atoms with Crippen molar-refractivity contribution in [2.45, 2.75) is 32.7 Å². The van der Waals surface area contributed by atoms with Gasteiger partial charge in [0.05, 0.1) is 0 Å². The SMILES string of the molecule is CNc1nc(C)cc(N2CCCC2C)n1. The minimum absolute atomic E-state index is 0.601. The number of anilines is 2. The fourth-order valence-corrected chi connectivity index (χ4v) is 2.08. The maximum Gasteiger partial charge on any atom is 0.224 e. The first-order valence-corrected chi connectivity index (χ1v) is 5.51. The summed E-state index contributed by atoms with van der Waals surface area (Å²) >= 11 is 0. The van der Waals surface area contributed by atoms with Crippen molar-refractivity contribution >= 4 is 11.8 Å². The van der Waals surface area contributed by atoms with E-state index in [2.05, 4.69) is 33.2 Å². The first-order chi connectivity index (χ1) is 7.20. The highest BCUT2D eigenvalue weighted by molar-refractivity contribution is 5.46. The minimum Gasteiger partial charge on any atom is -0.357 e. The molecule has 2 rings (SSSR count). The Balaban J connectivity index is 2.30. The van der Waals surface area contributed by atoms with E-state index in [0.717, 1.165) is 18.1 Å². The molecule has 4 nitrogen and oxygen atoms in total. The molecule has 1 N–H and O–H groups in total. The highest BCUT2D eigenvalue weighted by Crippen LogP contribution is 2.24. The largest absolute Gasteiger partial charge is 0.357 e. The van der Waals surface area contributed by atoms with Crippen LogP contribution >= 0.6 is 0 Å². The smallest absolute Gasteiger partial charge is 0.224 e. The van der Waals surface area contributed by atoms with Crippen LogP contribution in [0.1, 0.15) is 25.5 Å². The van der Waals surface area contributed by atoms with Gasteiger partial charge in [0.25, 0.3) is 0 Å². The number of nitrogens with zero attached hydrogens (tertiary/aromatic N) is 3. The van der Waals surface area contributed by atoms with Gasteiger partial charge in [-0.25, -0.2) is 4.98 Å². The van der Waals surface area contributed by atoms with Gasteiger partial charge in [-0.15, -0.1) is 0 Å². The molecule has 0 amide bonds. The molecule has 15 heavy (non-hydrogen) atoms. The Labute approximate surface area is 90.7 Å². The average molecular weight is 206 g/mol. The number of hydrogen-bond acceptors (Lipinski definition) is 4. The Morgan fingerprint density at radius 2 is 2.27 bits per heavy atom. The number of nitrogens with one attached hydrogen (secondary N) is 1. The van der Waals surface area contributed by atoms with Crippen molar-refractivity contribution in [3.63, 3.8) is 0 Å². The van der Waals surface area contributed by atoms with E-state index >= 15 is 0 Å². The quantitative estimate of drug-likeness (QED) is 0.801. The van der Waals surface area contributed by atoms with Crippen LogP contribution in [0.3, 0.4) is 0 Å². The van der Waals surface area contributed by atoms with E-state index in [4.69, 9.17) is 0 Å². The lowest BCUT2D eigenvalue weighted by molar-refractivity contribution is 0.726. The van der Waals surface area contributed by atoms with Gasteiger partial charge in [0.2, 0.25) is 5.95 Å². The zero-order valence-corrected chi connectivity index (χ0v) is 9.62. The molecule has 0 spiro atoms. The number of aryl methyl sites for hydroxylation is 1. The van der Waals surface area contributed by atoms with Crippen LogP contribution < -0.4 is 10.2 Å². The third-order valence-electron chi connectivity index (χ3n) is 2.91. The summed E-state index contributed by atoms with van der Waals surface area (Å²) in [6.45, 7) is 5.37. The maximum absolute atomic E-state index is 4.49. The maximum atomic E-state index is 4.49. The van der Waals surface area contributed by atoms with Crippen molar-refractivity contribution < 1.29 is 0 Å². The molecule has 82 valence electrons. The molecule has 4 heteroatoms. The fraction of sp³-hybridized carbons (Fsp3) is 0.636. The lowest BCUT2D eigenvalue weighted by Crippen LogP contribution is -2.27. The second kappa shape index (κ2) is 4.04. The van der Waals surface area contributed by atoms with Gasteiger partial charge >= 0.3 is 0 Å². The van der Waals surface area contributed by atoms with Crippen molar-refractivity contribution in [3.05, 3.63) is 11.8 Å². The van der Waals surface area contributed by atoms with Gasteiger partial charge in [0.1, 0.15) is 5.82 Å². The molecule has 1 saturated heterocycles. The summed E-state index contributed by atoms with van der Waals surface area (Å²) in [4.78, 5) is 11.1. The minimum atomic E-state index is 0.601. The molecule has 1 aliphatic rings. The van der Waals surface area contributed by atoms with Crippen molar-refractivity contribution in [2.75, 3.05) is 23.8 Å². The topological polar surface area (TPSA) is 41.1 Å². The molecule has 0 aromatic carbocycles. The van der Waals surface area contributed by atoms with Crippen molar-refractivity contribution in [2.24, 2.45) is 0 Å². The number of aromatic nitrogens is 2. The van der Waals surface area contributed by atoms with E-state index in [0.29, 0.717) is 12.0 Å². The van der Waals surface area contributed by atoms with Gasteiger partial charge in [-0.2, -0.15) is 4.98 Å². The van der Waals surface area contributed by atoms with E-state index in [1.807, 2.05) is 14.0 Å². The molecule has 1 aliphatic heterocycles. The van der Waals surface area contributed by atoms with Crippen molar-refractivity contribution in [3.8, 4) is 0 Å². The van der Waals surface area contributed by atoms with Crippen LogP contribution in [0.4, 0.5) is 11.8 Å². The average Bonchev–Trinajstić information content (AvgIpc) is 2.63. The molecular formula is C11H18N4. The summed E-state index contributed by atoms with van der Waals surface area (Å²) in [6, 6.07) is 2.66. The number of rotatable bonds is 2. The second-order valence-corrected chi connectivity index (χ2v) is 4.13. The van der Waals surface area contributed by atoms with E-state index in [9.17, 15) is 0 Å². The summed E-state index contributed by atoms with van der Waals surface area (Å²) in [6.07, 6.45) is 2.52. The Morgan fingerprint density at radius 3 is 2.87 bits per heavy atom. The van der Waals surface area contributed by atoms with Crippen LogP contribution in [-0.4, -0.2) is 29.6 Å². The monoisotopic (exact) mass is 206 g/mol. The predicted molar refractivity (Wildman–Crippen MR) is 62.4 cm³/mol. The van der Waals surface area contributed by atoms with E-state index < -0.39 is 0 Å². The highest BCUT2D eigenvalue weighted by Gasteiger charge is 2.22. The zero-order valence-electron chi connectivity index (χ0n) is 9.62. The third-order valence-corrected chi connectivity index (χ3v) is 2.91. The first-order valence-electron chi connectivity index (χ1n) is 5.51. The molecule has 0 saturated carbocycles. The first kappa shape index (κ1) is 10.2. The fourth-order valence-electron chi connectivity index (χ4n) is 2.08. The van der Waals surface area contributed by atoms with E-state index in [1.54, 1.807) is 0 Å². The molecule has 1 fully saturated rings. The normalized spacial score (nSPS) is 20.7. The predicted octanol–water partition coefficient (Wildman–Crippen LogP) is 1.82. The van der Waals surface area contributed by atoms with Gasteiger partial charge < -0.3 is 10.2 Å². The van der Waals surface area contributed by atoms with Crippen LogP contribution in [-0.2, 0) is 0 Å². The molecule has 2 heterocycles. The van der Waals surface area contributed by atoms with Gasteiger partial charge in [-0.3, -0.25) is 0 Å². The summed E-state index contributed by atoms with van der Waals surface area (Å²) in [5, 5.41) is 3.00. The van der Waals surface area contributed by atoms with Crippen LogP contribution in [0.2, 0.25) is 0 Å². The van der Waals surface area contributed by atoms with Crippen molar-refractivity contribution in [1.82, 2.24) is 9.97 Å². The highest BCUT2D eigenvalue weighted by atomic mass is 15.3. The van der Waals surface area contributed by atoms with Crippen LogP contribution in [0.5, 0.6) is 0 Å². The Bertz CT molecular complexity index is 350. The summed E-state index contributed by atoms with van der Waals surface area (Å²) in [5.74, 6) is 1.76. The van der Waals surface area contributed by atoms with E-state index in [-0.39, 0.29) is 0 Å². The zero-order chi connectivity index (χ0) is 10.8. The van der Waals surface area contributed by atoms with Gasteiger partial charge in [0.15, 0.2) is 0 Å². The van der Waals surface area contributed by atoms with Crippen molar-refractivity contribution in [1.29, 1.82) is 0 Å². The molecule has 1 aromatic heterocycles. The molecule has 0 aliphatic carbocycles. The summed E-state index contributed by atoms with van der Waals surface area (Å²) in [7, 11) is 1.85. The van der Waals surface area contributed by atoms with Crippen LogP contribution in [0.15, 0.2) is 6.07 Å². The molecule has 0 radical (unpaired) electrons. The molecule has 1 atom stereocenters. The Hall–Kier alpha value is -1.32. The van der Waals surface area contributed by atoms with Gasteiger partial charge in [0, 0.05) is 31.4 Å². The van der Waals surface area contributed by atoms with Gasteiger partial charge in [-0.05, 0) is 26.7 Å². The van der Waals surface area contributed by atoms with E-state index in [1.165, 1.54) is 12.8 Å².